The Labute approximate surface area is 183 Å². The number of hydrogen-bond donors (Lipinski definition) is 2. The van der Waals surface area contributed by atoms with Gasteiger partial charge in [0.2, 0.25) is 0 Å². The highest BCUT2D eigenvalue weighted by molar-refractivity contribution is 5.48. The molecule has 0 aliphatic carbocycles. The van der Waals surface area contributed by atoms with E-state index in [0.29, 0.717) is 11.5 Å². The maximum Gasteiger partial charge on any atom is 0.122 e. The summed E-state index contributed by atoms with van der Waals surface area (Å²) in [6, 6.07) is 15.6. The van der Waals surface area contributed by atoms with Gasteiger partial charge in [0.15, 0.2) is 0 Å². The fraction of sp³-hybridized carbons (Fsp3) is 0.500. The van der Waals surface area contributed by atoms with Crippen LogP contribution < -0.4 is 0 Å². The van der Waals surface area contributed by atoms with Crippen LogP contribution in [-0.2, 0) is 6.42 Å². The van der Waals surface area contributed by atoms with Crippen molar-refractivity contribution >= 4 is 6.08 Å². The van der Waals surface area contributed by atoms with Crippen LogP contribution in [0.1, 0.15) is 88.7 Å². The first kappa shape index (κ1) is 24.1. The minimum absolute atomic E-state index is 0.218. The first-order valence-electron chi connectivity index (χ1n) is 11.9. The molecule has 0 aliphatic rings. The van der Waals surface area contributed by atoms with Crippen LogP contribution in [0.15, 0.2) is 54.6 Å². The Kier molecular flexibility index (Phi) is 11.8. The Balaban J connectivity index is 1.44. The molecule has 2 N–H and O–H groups in total. The first-order chi connectivity index (χ1) is 14.7. The van der Waals surface area contributed by atoms with Crippen molar-refractivity contribution in [1.82, 2.24) is 0 Å². The second kappa shape index (κ2) is 14.7. The van der Waals surface area contributed by atoms with E-state index in [2.05, 4.69) is 49.4 Å². The molecule has 2 nitrogen and oxygen atoms in total. The lowest BCUT2D eigenvalue weighted by Gasteiger charge is -2.10. The first-order valence-corrected chi connectivity index (χ1v) is 11.9. The molecule has 0 saturated carbocycles. The van der Waals surface area contributed by atoms with E-state index in [1.54, 1.807) is 18.2 Å². The van der Waals surface area contributed by atoms with Crippen molar-refractivity contribution in [3.05, 3.63) is 65.7 Å². The monoisotopic (exact) mass is 408 g/mol. The molecule has 1 atom stereocenters. The highest BCUT2D eigenvalue weighted by Gasteiger charge is 2.06. The predicted molar refractivity (Wildman–Crippen MR) is 129 cm³/mol. The summed E-state index contributed by atoms with van der Waals surface area (Å²) in [5.41, 5.74) is 2.00. The average Bonchev–Trinajstić information content (AvgIpc) is 2.76. The second-order valence-electron chi connectivity index (χ2n) is 8.43. The molecule has 0 heterocycles. The van der Waals surface area contributed by atoms with E-state index in [1.807, 2.05) is 0 Å². The topological polar surface area (TPSA) is 40.5 Å². The maximum atomic E-state index is 9.80. The van der Waals surface area contributed by atoms with Gasteiger partial charge in [-0.05, 0) is 49.3 Å². The number of allylic oxidation sites excluding steroid dienone is 1. The lowest BCUT2D eigenvalue weighted by Crippen LogP contribution is -1.94. The molecule has 2 heteroatoms. The SMILES string of the molecule is CCC(/C=C/c1ccccc1)CCCCCCCCCCCc1c(O)cccc1O. The predicted octanol–water partition coefficient (Wildman–Crippen LogP) is 8.28. The minimum atomic E-state index is 0.218. The molecule has 0 fully saturated rings. The molecule has 30 heavy (non-hydrogen) atoms. The second-order valence-corrected chi connectivity index (χ2v) is 8.43. The quantitative estimate of drug-likeness (QED) is 0.291. The summed E-state index contributed by atoms with van der Waals surface area (Å²) in [6.07, 6.45) is 19.4. The average molecular weight is 409 g/mol. The number of rotatable bonds is 15. The van der Waals surface area contributed by atoms with E-state index in [0.717, 1.165) is 12.8 Å². The number of aromatic hydroxyl groups is 2. The van der Waals surface area contributed by atoms with E-state index >= 15 is 0 Å². The van der Waals surface area contributed by atoms with E-state index in [4.69, 9.17) is 0 Å². The van der Waals surface area contributed by atoms with Crippen molar-refractivity contribution in [3.63, 3.8) is 0 Å². The van der Waals surface area contributed by atoms with Crippen LogP contribution >= 0.6 is 0 Å². The molecular formula is C28H40O2. The van der Waals surface area contributed by atoms with E-state index in [9.17, 15) is 10.2 Å². The van der Waals surface area contributed by atoms with E-state index < -0.39 is 0 Å². The van der Waals surface area contributed by atoms with Crippen LogP contribution in [0.2, 0.25) is 0 Å². The Morgan fingerprint density at radius 1 is 0.700 bits per heavy atom. The Morgan fingerprint density at radius 3 is 1.87 bits per heavy atom. The van der Waals surface area contributed by atoms with Crippen LogP contribution in [0.3, 0.4) is 0 Å². The fourth-order valence-electron chi connectivity index (χ4n) is 4.01. The Hall–Kier alpha value is -2.22. The van der Waals surface area contributed by atoms with Crippen molar-refractivity contribution in [1.29, 1.82) is 0 Å². The number of phenols is 2. The number of unbranched alkanes of at least 4 members (excludes halogenated alkanes) is 8. The molecular weight excluding hydrogens is 368 g/mol. The molecule has 2 aromatic rings. The summed E-state index contributed by atoms with van der Waals surface area (Å²) in [6.45, 7) is 2.29. The fourth-order valence-corrected chi connectivity index (χ4v) is 4.01. The highest BCUT2D eigenvalue weighted by atomic mass is 16.3. The van der Waals surface area contributed by atoms with Gasteiger partial charge in [-0.1, -0.05) is 107 Å². The molecule has 2 rings (SSSR count). The number of hydrogen-bond acceptors (Lipinski definition) is 2. The third kappa shape index (κ3) is 9.52. The Bertz CT molecular complexity index is 700. The van der Waals surface area contributed by atoms with Gasteiger partial charge < -0.3 is 10.2 Å². The van der Waals surface area contributed by atoms with Crippen LogP contribution in [0.4, 0.5) is 0 Å². The normalized spacial score (nSPS) is 12.4. The molecule has 0 radical (unpaired) electrons. The van der Waals surface area contributed by atoms with Gasteiger partial charge in [0, 0.05) is 5.56 Å². The van der Waals surface area contributed by atoms with Crippen molar-refractivity contribution in [2.45, 2.75) is 84.0 Å². The van der Waals surface area contributed by atoms with Crippen molar-refractivity contribution in [3.8, 4) is 11.5 Å². The largest absolute Gasteiger partial charge is 0.508 e. The van der Waals surface area contributed by atoms with Gasteiger partial charge in [-0.3, -0.25) is 0 Å². The van der Waals surface area contributed by atoms with Crippen molar-refractivity contribution < 1.29 is 10.2 Å². The van der Waals surface area contributed by atoms with Gasteiger partial charge in [-0.2, -0.15) is 0 Å². The molecule has 0 bridgehead atoms. The molecule has 0 amide bonds. The van der Waals surface area contributed by atoms with Gasteiger partial charge in [-0.15, -0.1) is 0 Å². The Morgan fingerprint density at radius 2 is 1.27 bits per heavy atom. The molecule has 0 spiro atoms. The summed E-state index contributed by atoms with van der Waals surface area (Å²) in [7, 11) is 0. The highest BCUT2D eigenvalue weighted by Crippen LogP contribution is 2.28. The summed E-state index contributed by atoms with van der Waals surface area (Å²) in [5, 5.41) is 19.6. The van der Waals surface area contributed by atoms with Gasteiger partial charge in [-0.25, -0.2) is 0 Å². The zero-order valence-corrected chi connectivity index (χ0v) is 18.7. The number of benzene rings is 2. The standard InChI is InChI=1S/C28H40O2/c1-2-24(22-23-25-17-12-10-13-18-25)16-11-8-6-4-3-5-7-9-14-19-26-27(29)20-15-21-28(26)30/h10,12-13,15,17-18,20-24,29-30H,2-9,11,14,16,19H2,1H3/b23-22+. The lowest BCUT2D eigenvalue weighted by molar-refractivity contribution is 0.435. The summed E-state index contributed by atoms with van der Waals surface area (Å²) in [5.74, 6) is 1.14. The van der Waals surface area contributed by atoms with Gasteiger partial charge >= 0.3 is 0 Å². The zero-order valence-electron chi connectivity index (χ0n) is 18.7. The minimum Gasteiger partial charge on any atom is -0.508 e. The van der Waals surface area contributed by atoms with Gasteiger partial charge in [0.05, 0.1) is 0 Å². The molecule has 164 valence electrons. The molecule has 0 saturated heterocycles. The zero-order chi connectivity index (χ0) is 21.4. The lowest BCUT2D eigenvalue weighted by atomic mass is 9.96. The van der Waals surface area contributed by atoms with Crippen LogP contribution in [0, 0.1) is 5.92 Å². The maximum absolute atomic E-state index is 9.80. The summed E-state index contributed by atoms with van der Waals surface area (Å²) < 4.78 is 0. The van der Waals surface area contributed by atoms with E-state index in [1.165, 1.54) is 69.8 Å². The third-order valence-electron chi connectivity index (χ3n) is 6.01. The van der Waals surface area contributed by atoms with Crippen molar-refractivity contribution in [2.24, 2.45) is 5.92 Å². The molecule has 0 aliphatic heterocycles. The molecule has 2 aromatic carbocycles. The van der Waals surface area contributed by atoms with Gasteiger partial charge in [0.25, 0.3) is 0 Å². The van der Waals surface area contributed by atoms with Crippen LogP contribution in [0.5, 0.6) is 11.5 Å². The molecule has 0 aromatic heterocycles. The van der Waals surface area contributed by atoms with Crippen LogP contribution in [0.25, 0.3) is 6.08 Å². The molecule has 1 unspecified atom stereocenters. The summed E-state index contributed by atoms with van der Waals surface area (Å²) in [4.78, 5) is 0. The summed E-state index contributed by atoms with van der Waals surface area (Å²) >= 11 is 0. The van der Waals surface area contributed by atoms with Gasteiger partial charge in [0.1, 0.15) is 11.5 Å². The van der Waals surface area contributed by atoms with E-state index in [-0.39, 0.29) is 11.5 Å². The smallest absolute Gasteiger partial charge is 0.122 e. The van der Waals surface area contributed by atoms with Crippen molar-refractivity contribution in [2.75, 3.05) is 0 Å². The third-order valence-corrected chi connectivity index (χ3v) is 6.01. The van der Waals surface area contributed by atoms with Crippen LogP contribution in [-0.4, -0.2) is 10.2 Å². The number of phenolic OH excluding ortho intramolecular Hbond substituents is 2.